The molecule has 1 heteroatoms. The van der Waals surface area contributed by atoms with Gasteiger partial charge in [-0.25, -0.2) is 0 Å². The van der Waals surface area contributed by atoms with Crippen LogP contribution in [0.15, 0.2) is 140 Å². The van der Waals surface area contributed by atoms with Crippen molar-refractivity contribution in [2.75, 3.05) is 4.90 Å². The van der Waals surface area contributed by atoms with Gasteiger partial charge in [-0.15, -0.1) is 0 Å². The molecule has 0 amide bonds. The first-order chi connectivity index (χ1) is 26.0. The molecule has 6 aromatic carbocycles. The molecule has 0 aliphatic heterocycles. The van der Waals surface area contributed by atoms with E-state index in [2.05, 4.69) is 158 Å². The van der Waals surface area contributed by atoms with Gasteiger partial charge in [0, 0.05) is 22.5 Å². The minimum Gasteiger partial charge on any atom is -0.310 e. The van der Waals surface area contributed by atoms with Crippen molar-refractivity contribution in [1.82, 2.24) is 0 Å². The van der Waals surface area contributed by atoms with E-state index >= 15 is 0 Å². The maximum Gasteiger partial charge on any atom is 0.0465 e. The first-order valence-corrected chi connectivity index (χ1v) is 20.5. The van der Waals surface area contributed by atoms with E-state index in [0.717, 1.165) is 17.8 Å². The smallest absolute Gasteiger partial charge is 0.0465 e. The first-order valence-electron chi connectivity index (χ1n) is 20.5. The second-order valence-corrected chi connectivity index (χ2v) is 17.2. The maximum atomic E-state index is 2.51. The summed E-state index contributed by atoms with van der Waals surface area (Å²) in [5.74, 6) is 3.29. The summed E-state index contributed by atoms with van der Waals surface area (Å²) in [7, 11) is 0. The average Bonchev–Trinajstić information content (AvgIpc) is 3.92. The normalized spacial score (nSPS) is 21.4. The highest BCUT2D eigenvalue weighted by Gasteiger charge is 2.40. The zero-order valence-corrected chi connectivity index (χ0v) is 31.4. The molecule has 3 saturated carbocycles. The molecule has 0 heterocycles. The van der Waals surface area contributed by atoms with Gasteiger partial charge in [0.2, 0.25) is 0 Å². The zero-order chi connectivity index (χ0) is 35.5. The second kappa shape index (κ2) is 13.2. The summed E-state index contributed by atoms with van der Waals surface area (Å²) in [5, 5.41) is 0. The van der Waals surface area contributed by atoms with Crippen LogP contribution in [-0.2, 0) is 5.41 Å². The molecule has 0 spiro atoms. The zero-order valence-electron chi connectivity index (χ0n) is 31.4. The van der Waals surface area contributed by atoms with E-state index in [4.69, 9.17) is 0 Å². The molecular formula is C52H51N. The van der Waals surface area contributed by atoms with Crippen LogP contribution in [0.25, 0.3) is 33.4 Å². The molecule has 0 radical (unpaired) electrons. The lowest BCUT2D eigenvalue weighted by Crippen LogP contribution is -2.17. The molecule has 3 fully saturated rings. The summed E-state index contributed by atoms with van der Waals surface area (Å²) in [6, 6.07) is 53.3. The van der Waals surface area contributed by atoms with Crippen molar-refractivity contribution >= 4 is 17.1 Å². The monoisotopic (exact) mass is 689 g/mol. The van der Waals surface area contributed by atoms with E-state index in [1.54, 1.807) is 5.56 Å². The van der Waals surface area contributed by atoms with E-state index in [-0.39, 0.29) is 5.41 Å². The fourth-order valence-corrected chi connectivity index (χ4v) is 11.0. The van der Waals surface area contributed by atoms with Crippen LogP contribution in [0.4, 0.5) is 17.1 Å². The number of hydrogen-bond acceptors (Lipinski definition) is 1. The topological polar surface area (TPSA) is 3.24 Å². The third kappa shape index (κ3) is 5.75. The molecule has 4 aliphatic rings. The van der Waals surface area contributed by atoms with Crippen LogP contribution in [0.1, 0.15) is 106 Å². The fourth-order valence-electron chi connectivity index (χ4n) is 11.0. The average molecular weight is 690 g/mol. The van der Waals surface area contributed by atoms with Crippen molar-refractivity contribution in [1.29, 1.82) is 0 Å². The van der Waals surface area contributed by atoms with E-state index < -0.39 is 0 Å². The van der Waals surface area contributed by atoms with Crippen LogP contribution in [0, 0.1) is 11.8 Å². The van der Waals surface area contributed by atoms with Crippen LogP contribution in [-0.4, -0.2) is 0 Å². The lowest BCUT2D eigenvalue weighted by molar-refractivity contribution is 0.420. The van der Waals surface area contributed by atoms with Gasteiger partial charge in [0.15, 0.2) is 0 Å². The first kappa shape index (κ1) is 32.7. The largest absolute Gasteiger partial charge is 0.310 e. The number of anilines is 3. The van der Waals surface area contributed by atoms with Crippen LogP contribution in [0.3, 0.4) is 0 Å². The number of rotatable bonds is 7. The van der Waals surface area contributed by atoms with Crippen LogP contribution >= 0.6 is 0 Å². The Kier molecular flexibility index (Phi) is 8.16. The summed E-state index contributed by atoms with van der Waals surface area (Å²) in [6.07, 6.45) is 12.5. The van der Waals surface area contributed by atoms with Crippen molar-refractivity contribution in [3.05, 3.63) is 162 Å². The lowest BCUT2D eigenvalue weighted by atomic mass is 9.78. The quantitative estimate of drug-likeness (QED) is 0.161. The van der Waals surface area contributed by atoms with Gasteiger partial charge >= 0.3 is 0 Å². The standard InChI is InChI=1S/C52H51N/c1-52(2)50-34-45(30-31-47(50)48-15-9-14-46(51(48)52)40-20-18-38(19-21-40)36-10-5-3-6-11-36)53(43-26-22-39(23-27-43)37-12-7-4-8-13-37)44-28-24-41(25-29-44)49-33-35-16-17-42(49)32-35/h3,5-6,9-11,14-15,18-31,34-35,37,42,49H,4,7-8,12-13,16-17,32-33H2,1-2H3. The molecule has 53 heavy (non-hydrogen) atoms. The molecule has 3 unspecified atom stereocenters. The van der Waals surface area contributed by atoms with E-state index in [1.165, 1.54) is 125 Å². The van der Waals surface area contributed by atoms with Gasteiger partial charge < -0.3 is 4.90 Å². The maximum absolute atomic E-state index is 2.51. The van der Waals surface area contributed by atoms with Gasteiger partial charge in [-0.2, -0.15) is 0 Å². The Morgan fingerprint density at radius 2 is 1.13 bits per heavy atom. The summed E-state index contributed by atoms with van der Waals surface area (Å²) in [6.45, 7) is 4.85. The van der Waals surface area contributed by atoms with Crippen LogP contribution in [0.2, 0.25) is 0 Å². The summed E-state index contributed by atoms with van der Waals surface area (Å²) < 4.78 is 0. The van der Waals surface area contributed by atoms with Crippen LogP contribution < -0.4 is 4.90 Å². The van der Waals surface area contributed by atoms with Crippen molar-refractivity contribution in [3.8, 4) is 33.4 Å². The molecule has 6 aromatic rings. The Labute approximate surface area is 316 Å². The van der Waals surface area contributed by atoms with Gasteiger partial charge in [0.25, 0.3) is 0 Å². The molecule has 1 nitrogen and oxygen atoms in total. The summed E-state index contributed by atoms with van der Waals surface area (Å²) in [5.41, 5.74) is 17.3. The fraction of sp³-hybridized carbons (Fsp3) is 0.308. The Bertz CT molecular complexity index is 2240. The van der Waals surface area contributed by atoms with Crippen molar-refractivity contribution in [2.24, 2.45) is 11.8 Å². The van der Waals surface area contributed by atoms with Crippen molar-refractivity contribution in [3.63, 3.8) is 0 Å². The highest BCUT2D eigenvalue weighted by Crippen LogP contribution is 2.55. The van der Waals surface area contributed by atoms with Crippen LogP contribution in [0.5, 0.6) is 0 Å². The minimum absolute atomic E-state index is 0.155. The molecule has 0 saturated heterocycles. The Hall–Kier alpha value is -4.88. The van der Waals surface area contributed by atoms with Gasteiger partial charge in [-0.05, 0) is 148 Å². The molecule has 3 atom stereocenters. The number of hydrogen-bond donors (Lipinski definition) is 0. The molecule has 10 rings (SSSR count). The third-order valence-corrected chi connectivity index (χ3v) is 13.8. The molecule has 4 aliphatic carbocycles. The van der Waals surface area contributed by atoms with Gasteiger partial charge in [-0.1, -0.05) is 143 Å². The van der Waals surface area contributed by atoms with Gasteiger partial charge in [-0.3, -0.25) is 0 Å². The molecule has 0 aromatic heterocycles. The molecule has 0 N–H and O–H groups in total. The Morgan fingerprint density at radius 1 is 0.491 bits per heavy atom. The predicted octanol–water partition coefficient (Wildman–Crippen LogP) is 14.7. The summed E-state index contributed by atoms with van der Waals surface area (Å²) in [4.78, 5) is 2.51. The molecule has 2 bridgehead atoms. The second-order valence-electron chi connectivity index (χ2n) is 17.2. The molecule has 264 valence electrons. The number of nitrogens with zero attached hydrogens (tertiary/aromatic N) is 1. The van der Waals surface area contributed by atoms with Crippen molar-refractivity contribution in [2.45, 2.75) is 88.9 Å². The number of benzene rings is 6. The molecular weight excluding hydrogens is 639 g/mol. The SMILES string of the molecule is CC1(C)c2cc(N(c3ccc(C4CCCCC4)cc3)c3ccc(C4CC5CCC4C5)cc3)ccc2-c2cccc(-c3ccc(-c4ccccc4)cc3)c21. The highest BCUT2D eigenvalue weighted by molar-refractivity contribution is 5.90. The third-order valence-electron chi connectivity index (χ3n) is 13.8. The van der Waals surface area contributed by atoms with E-state index in [9.17, 15) is 0 Å². The Morgan fingerprint density at radius 3 is 1.81 bits per heavy atom. The van der Waals surface area contributed by atoms with Gasteiger partial charge in [0.1, 0.15) is 0 Å². The predicted molar refractivity (Wildman–Crippen MR) is 224 cm³/mol. The highest BCUT2D eigenvalue weighted by atomic mass is 15.1. The summed E-state index contributed by atoms with van der Waals surface area (Å²) >= 11 is 0. The minimum atomic E-state index is -0.155. The van der Waals surface area contributed by atoms with Crippen molar-refractivity contribution < 1.29 is 0 Å². The lowest BCUT2D eigenvalue weighted by Gasteiger charge is -2.30. The van der Waals surface area contributed by atoms with Gasteiger partial charge in [0.05, 0.1) is 0 Å². The number of fused-ring (bicyclic) bond motifs is 5. The van der Waals surface area contributed by atoms with E-state index in [0.29, 0.717) is 5.92 Å². The van der Waals surface area contributed by atoms with E-state index in [1.807, 2.05) is 0 Å². The Balaban J connectivity index is 1.02.